The zero-order chi connectivity index (χ0) is 15.3. The molecule has 1 heterocycles. The molecule has 0 bridgehead atoms. The van der Waals surface area contributed by atoms with Gasteiger partial charge >= 0.3 is 0 Å². The highest BCUT2D eigenvalue weighted by Gasteiger charge is 2.22. The van der Waals surface area contributed by atoms with Gasteiger partial charge in [-0.3, -0.25) is 0 Å². The predicted octanol–water partition coefficient (Wildman–Crippen LogP) is 0.546. The highest BCUT2D eigenvalue weighted by Crippen LogP contribution is 2.15. The summed E-state index contributed by atoms with van der Waals surface area (Å²) in [7, 11) is -3.82. The van der Waals surface area contributed by atoms with Crippen LogP contribution in [0.5, 0.6) is 0 Å². The number of aliphatic hydroxyl groups is 1. The highest BCUT2D eigenvalue weighted by atomic mass is 32.2. The molecule has 1 aromatic heterocycles. The van der Waals surface area contributed by atoms with Gasteiger partial charge in [-0.1, -0.05) is 30.3 Å². The van der Waals surface area contributed by atoms with Crippen LogP contribution >= 0.6 is 0 Å². The molecule has 0 aliphatic carbocycles. The van der Waals surface area contributed by atoms with Crippen molar-refractivity contribution in [1.29, 1.82) is 0 Å². The van der Waals surface area contributed by atoms with Gasteiger partial charge in [0.1, 0.15) is 10.7 Å². The number of nitrogens with one attached hydrogen (secondary N) is 1. The highest BCUT2D eigenvalue weighted by molar-refractivity contribution is 7.89. The first-order valence-electron chi connectivity index (χ1n) is 6.40. The Labute approximate surface area is 123 Å². The average molecular weight is 307 g/mol. The van der Waals surface area contributed by atoms with Crippen LogP contribution in [0.4, 0.5) is 5.82 Å². The maximum absolute atomic E-state index is 12.3. The number of anilines is 1. The maximum Gasteiger partial charge on any atom is 0.244 e. The predicted molar refractivity (Wildman–Crippen MR) is 80.0 cm³/mol. The zero-order valence-electron chi connectivity index (χ0n) is 11.3. The van der Waals surface area contributed by atoms with Gasteiger partial charge in [-0.05, 0) is 24.1 Å². The molecular weight excluding hydrogens is 290 g/mol. The fourth-order valence-corrected chi connectivity index (χ4v) is 3.26. The average Bonchev–Trinajstić information content (AvgIpc) is 2.47. The summed E-state index contributed by atoms with van der Waals surface area (Å²) in [6.45, 7) is -0.311. The van der Waals surface area contributed by atoms with Crippen LogP contribution in [0.25, 0.3) is 0 Å². The van der Waals surface area contributed by atoms with Crippen molar-refractivity contribution in [3.63, 3.8) is 0 Å². The standard InChI is InChI=1S/C14H17N3O3S/c15-14-13(7-4-8-16-14)21(19,20)17-12(10-18)9-11-5-2-1-3-6-11/h1-8,12,17-18H,9-10H2,(H2,15,16)/t12-/m1/s1. The molecular formula is C14H17N3O3S. The number of nitrogen functional groups attached to an aromatic ring is 1. The third-order valence-electron chi connectivity index (χ3n) is 2.96. The minimum atomic E-state index is -3.82. The molecule has 2 aromatic rings. The van der Waals surface area contributed by atoms with Crippen LogP contribution in [-0.4, -0.2) is 31.2 Å². The molecule has 0 aliphatic rings. The fourth-order valence-electron chi connectivity index (χ4n) is 1.95. The second-order valence-corrected chi connectivity index (χ2v) is 6.26. The quantitative estimate of drug-likeness (QED) is 0.722. The van der Waals surface area contributed by atoms with Crippen molar-refractivity contribution in [2.45, 2.75) is 17.4 Å². The van der Waals surface area contributed by atoms with Crippen LogP contribution in [0.3, 0.4) is 0 Å². The summed E-state index contributed by atoms with van der Waals surface area (Å²) in [5, 5.41) is 9.39. The van der Waals surface area contributed by atoms with Crippen molar-refractivity contribution >= 4 is 15.8 Å². The third-order valence-corrected chi connectivity index (χ3v) is 4.52. The normalized spacial score (nSPS) is 13.0. The molecule has 0 spiro atoms. The molecule has 112 valence electrons. The molecule has 2 rings (SSSR count). The lowest BCUT2D eigenvalue weighted by atomic mass is 10.1. The number of hydrogen-bond acceptors (Lipinski definition) is 5. The van der Waals surface area contributed by atoms with Gasteiger partial charge in [0.25, 0.3) is 0 Å². The number of pyridine rings is 1. The van der Waals surface area contributed by atoms with Crippen molar-refractivity contribution < 1.29 is 13.5 Å². The summed E-state index contributed by atoms with van der Waals surface area (Å²) in [4.78, 5) is 3.67. The van der Waals surface area contributed by atoms with Crippen LogP contribution in [0.1, 0.15) is 5.56 Å². The Balaban J connectivity index is 2.16. The smallest absolute Gasteiger partial charge is 0.244 e. The Morgan fingerprint density at radius 2 is 1.90 bits per heavy atom. The third kappa shape index (κ3) is 4.01. The number of benzene rings is 1. The van der Waals surface area contributed by atoms with Crippen LogP contribution < -0.4 is 10.5 Å². The summed E-state index contributed by atoms with van der Waals surface area (Å²) < 4.78 is 27.0. The largest absolute Gasteiger partial charge is 0.395 e. The minimum absolute atomic E-state index is 0.0681. The zero-order valence-corrected chi connectivity index (χ0v) is 12.1. The fraction of sp³-hybridized carbons (Fsp3) is 0.214. The van der Waals surface area contributed by atoms with E-state index in [0.29, 0.717) is 6.42 Å². The van der Waals surface area contributed by atoms with Gasteiger partial charge in [0, 0.05) is 12.2 Å². The van der Waals surface area contributed by atoms with E-state index in [4.69, 9.17) is 5.73 Å². The van der Waals surface area contributed by atoms with Gasteiger partial charge in [0.05, 0.1) is 6.61 Å². The van der Waals surface area contributed by atoms with Crippen molar-refractivity contribution in [2.75, 3.05) is 12.3 Å². The van der Waals surface area contributed by atoms with Gasteiger partial charge < -0.3 is 10.8 Å². The number of rotatable bonds is 6. The lowest BCUT2D eigenvalue weighted by Crippen LogP contribution is -2.39. The second-order valence-electron chi connectivity index (χ2n) is 4.58. The summed E-state index contributed by atoms with van der Waals surface area (Å²) >= 11 is 0. The van der Waals surface area contributed by atoms with Crippen molar-refractivity contribution in [3.8, 4) is 0 Å². The minimum Gasteiger partial charge on any atom is -0.395 e. The molecule has 7 heteroatoms. The first-order valence-corrected chi connectivity index (χ1v) is 7.89. The number of nitrogens with two attached hydrogens (primary N) is 1. The van der Waals surface area contributed by atoms with E-state index in [2.05, 4.69) is 9.71 Å². The van der Waals surface area contributed by atoms with E-state index in [0.717, 1.165) is 5.56 Å². The summed E-state index contributed by atoms with van der Waals surface area (Å²) in [6, 6.07) is 11.6. The van der Waals surface area contributed by atoms with E-state index in [1.54, 1.807) is 0 Å². The topological polar surface area (TPSA) is 105 Å². The molecule has 4 N–H and O–H groups in total. The van der Waals surface area contributed by atoms with E-state index in [-0.39, 0.29) is 17.3 Å². The van der Waals surface area contributed by atoms with E-state index < -0.39 is 16.1 Å². The molecule has 0 fully saturated rings. The number of sulfonamides is 1. The Hall–Kier alpha value is -1.96. The van der Waals surface area contributed by atoms with Crippen LogP contribution in [0, 0.1) is 0 Å². The first kappa shape index (κ1) is 15.4. The van der Waals surface area contributed by atoms with E-state index in [1.165, 1.54) is 18.3 Å². The molecule has 21 heavy (non-hydrogen) atoms. The number of nitrogens with zero attached hydrogens (tertiary/aromatic N) is 1. The van der Waals surface area contributed by atoms with Crippen molar-refractivity contribution in [2.24, 2.45) is 0 Å². The number of hydrogen-bond donors (Lipinski definition) is 3. The van der Waals surface area contributed by atoms with E-state index in [1.807, 2.05) is 30.3 Å². The lowest BCUT2D eigenvalue weighted by molar-refractivity contribution is 0.256. The van der Waals surface area contributed by atoms with Gasteiger partial charge in [0.2, 0.25) is 10.0 Å². The Morgan fingerprint density at radius 3 is 2.52 bits per heavy atom. The van der Waals surface area contributed by atoms with Gasteiger partial charge in [-0.2, -0.15) is 0 Å². The molecule has 1 atom stereocenters. The summed E-state index contributed by atoms with van der Waals surface area (Å²) in [6.07, 6.45) is 1.80. The second kappa shape index (κ2) is 6.66. The molecule has 6 nitrogen and oxygen atoms in total. The maximum atomic E-state index is 12.3. The summed E-state index contributed by atoms with van der Waals surface area (Å²) in [5.74, 6) is -0.0681. The van der Waals surface area contributed by atoms with E-state index in [9.17, 15) is 13.5 Å². The number of aromatic nitrogens is 1. The lowest BCUT2D eigenvalue weighted by Gasteiger charge is -2.17. The van der Waals surface area contributed by atoms with Gasteiger partial charge in [-0.25, -0.2) is 18.1 Å². The van der Waals surface area contributed by atoms with Crippen molar-refractivity contribution in [3.05, 3.63) is 54.2 Å². The summed E-state index contributed by atoms with van der Waals surface area (Å²) in [5.41, 5.74) is 6.51. The molecule has 0 unspecified atom stereocenters. The van der Waals surface area contributed by atoms with Crippen LogP contribution in [0.2, 0.25) is 0 Å². The Morgan fingerprint density at radius 1 is 1.19 bits per heavy atom. The first-order chi connectivity index (χ1) is 10.0. The van der Waals surface area contributed by atoms with Gasteiger partial charge in [0.15, 0.2) is 0 Å². The Kier molecular flexibility index (Phi) is 4.89. The molecule has 0 saturated carbocycles. The van der Waals surface area contributed by atoms with Crippen molar-refractivity contribution in [1.82, 2.24) is 9.71 Å². The van der Waals surface area contributed by atoms with Crippen LogP contribution in [-0.2, 0) is 16.4 Å². The molecule has 0 radical (unpaired) electrons. The number of aliphatic hydroxyl groups excluding tert-OH is 1. The molecule has 1 aromatic carbocycles. The molecule has 0 amide bonds. The van der Waals surface area contributed by atoms with Crippen LogP contribution in [0.15, 0.2) is 53.6 Å². The Bertz CT molecular complexity index is 690. The van der Waals surface area contributed by atoms with Gasteiger partial charge in [-0.15, -0.1) is 0 Å². The monoisotopic (exact) mass is 307 g/mol. The molecule has 0 aliphatic heterocycles. The molecule has 0 saturated heterocycles. The SMILES string of the molecule is Nc1ncccc1S(=O)(=O)N[C@@H](CO)Cc1ccccc1. The van der Waals surface area contributed by atoms with E-state index >= 15 is 0 Å².